The third-order valence-corrected chi connectivity index (χ3v) is 4.75. The van der Waals surface area contributed by atoms with Crippen LogP contribution in [0.2, 0.25) is 0 Å². The fourth-order valence-electron chi connectivity index (χ4n) is 2.89. The molecule has 1 saturated carbocycles. The number of hydrogen-bond donors (Lipinski definition) is 2. The number of nitrogens with two attached hydrogens (primary N) is 1. The first-order valence-electron chi connectivity index (χ1n) is 7.41. The molecule has 0 aromatic carbocycles. The first-order valence-corrected chi connectivity index (χ1v) is 8.57. The predicted molar refractivity (Wildman–Crippen MR) is 80.4 cm³/mol. The summed E-state index contributed by atoms with van der Waals surface area (Å²) < 4.78 is 17.7. The minimum Gasteiger partial charge on any atom is -0.481 e. The second-order valence-corrected chi connectivity index (χ2v) is 7.12. The molecule has 2 aliphatic rings. The molecule has 1 aliphatic heterocycles. The van der Waals surface area contributed by atoms with Gasteiger partial charge in [-0.15, -0.1) is 0 Å². The smallest absolute Gasteiger partial charge is 0.313 e. The fraction of sp³-hybridized carbons (Fsp3) is 0.929. The van der Waals surface area contributed by atoms with Gasteiger partial charge in [0, 0.05) is 12.6 Å². The zero-order valence-corrected chi connectivity index (χ0v) is 13.4. The molecule has 0 amide bonds. The minimum absolute atomic E-state index is 0.0320. The Balaban J connectivity index is 1.74. The van der Waals surface area contributed by atoms with Crippen LogP contribution >= 0.6 is 11.8 Å². The van der Waals surface area contributed by atoms with Gasteiger partial charge in [-0.25, -0.2) is 0 Å². The molecule has 0 radical (unpaired) electrons. The van der Waals surface area contributed by atoms with Crippen molar-refractivity contribution in [2.24, 2.45) is 5.73 Å². The molecule has 1 heterocycles. The molecule has 7 heteroatoms. The number of aliphatic carboxylic acids is 1. The summed E-state index contributed by atoms with van der Waals surface area (Å²) in [5.41, 5.74) is 6.16. The van der Waals surface area contributed by atoms with Crippen molar-refractivity contribution in [2.75, 3.05) is 18.1 Å². The second-order valence-electron chi connectivity index (χ2n) is 6.02. The molecule has 0 spiro atoms. The Morgan fingerprint density at radius 2 is 2.19 bits per heavy atom. The summed E-state index contributed by atoms with van der Waals surface area (Å²) in [5, 5.41) is 8.56. The predicted octanol–water partition coefficient (Wildman–Crippen LogP) is 1.22. The summed E-state index contributed by atoms with van der Waals surface area (Å²) in [7, 11) is 0. The van der Waals surface area contributed by atoms with E-state index >= 15 is 0 Å². The monoisotopic (exact) mass is 319 g/mol. The Labute approximate surface area is 129 Å². The maximum absolute atomic E-state index is 10.4. The summed E-state index contributed by atoms with van der Waals surface area (Å²) in [5.74, 6) is -0.445. The molecule has 0 aromatic rings. The fourth-order valence-corrected chi connectivity index (χ4v) is 3.53. The van der Waals surface area contributed by atoms with Gasteiger partial charge in [-0.05, 0) is 38.9 Å². The highest BCUT2D eigenvalue weighted by Gasteiger charge is 2.49. The lowest BCUT2D eigenvalue weighted by Gasteiger charge is -2.35. The van der Waals surface area contributed by atoms with Crippen molar-refractivity contribution >= 4 is 17.7 Å². The second kappa shape index (κ2) is 7.28. The largest absolute Gasteiger partial charge is 0.481 e. The molecular formula is C14H25NO5S. The molecule has 6 nitrogen and oxygen atoms in total. The summed E-state index contributed by atoms with van der Waals surface area (Å²) >= 11 is 1.40. The number of hydrogen-bond acceptors (Lipinski definition) is 6. The quantitative estimate of drug-likeness (QED) is 0.682. The highest BCUT2D eigenvalue weighted by Crippen LogP contribution is 2.37. The normalized spacial score (nSPS) is 34.6. The molecule has 0 aromatic heterocycles. The zero-order valence-electron chi connectivity index (χ0n) is 12.6. The van der Waals surface area contributed by atoms with E-state index in [4.69, 9.17) is 25.1 Å². The van der Waals surface area contributed by atoms with E-state index in [1.807, 2.05) is 13.8 Å². The lowest BCUT2D eigenvalue weighted by Crippen LogP contribution is -2.53. The Morgan fingerprint density at radius 3 is 2.90 bits per heavy atom. The van der Waals surface area contributed by atoms with E-state index < -0.39 is 11.8 Å². The molecule has 0 bridgehead atoms. The Bertz CT molecular complexity index is 365. The number of carboxylic acids is 1. The van der Waals surface area contributed by atoms with E-state index in [-0.39, 0.29) is 30.1 Å². The third kappa shape index (κ3) is 4.82. The summed E-state index contributed by atoms with van der Waals surface area (Å²) in [6.07, 6.45) is 2.41. The molecule has 4 atom stereocenters. The van der Waals surface area contributed by atoms with Crippen LogP contribution in [-0.2, 0) is 19.0 Å². The van der Waals surface area contributed by atoms with Gasteiger partial charge < -0.3 is 25.1 Å². The van der Waals surface area contributed by atoms with Gasteiger partial charge in [-0.1, -0.05) is 0 Å². The number of carboxylic acid groups (broad SMARTS) is 1. The van der Waals surface area contributed by atoms with Crippen molar-refractivity contribution in [2.45, 2.75) is 63.3 Å². The van der Waals surface area contributed by atoms with Crippen LogP contribution in [0.4, 0.5) is 0 Å². The van der Waals surface area contributed by atoms with Crippen LogP contribution in [0.15, 0.2) is 0 Å². The highest BCUT2D eigenvalue weighted by molar-refractivity contribution is 7.99. The van der Waals surface area contributed by atoms with E-state index in [1.54, 1.807) is 0 Å². The zero-order chi connectivity index (χ0) is 15.5. The van der Waals surface area contributed by atoms with Crippen molar-refractivity contribution < 1.29 is 24.1 Å². The molecule has 2 fully saturated rings. The van der Waals surface area contributed by atoms with Gasteiger partial charge in [0.15, 0.2) is 5.79 Å². The van der Waals surface area contributed by atoms with Gasteiger partial charge in [0.25, 0.3) is 0 Å². The molecule has 1 saturated heterocycles. The minimum atomic E-state index is -0.781. The Kier molecular flexibility index (Phi) is 5.90. The lowest BCUT2D eigenvalue weighted by atomic mass is 9.88. The van der Waals surface area contributed by atoms with Crippen LogP contribution in [0.3, 0.4) is 0 Å². The van der Waals surface area contributed by atoms with Crippen LogP contribution in [-0.4, -0.2) is 59.3 Å². The van der Waals surface area contributed by atoms with Gasteiger partial charge in [-0.2, -0.15) is 11.8 Å². The van der Waals surface area contributed by atoms with Gasteiger partial charge in [0.2, 0.25) is 0 Å². The van der Waals surface area contributed by atoms with E-state index in [1.165, 1.54) is 11.8 Å². The maximum Gasteiger partial charge on any atom is 0.313 e. The highest BCUT2D eigenvalue weighted by atomic mass is 32.2. The molecule has 122 valence electrons. The van der Waals surface area contributed by atoms with E-state index in [2.05, 4.69) is 0 Å². The maximum atomic E-state index is 10.4. The van der Waals surface area contributed by atoms with Crippen molar-refractivity contribution in [3.05, 3.63) is 0 Å². The van der Waals surface area contributed by atoms with Crippen molar-refractivity contribution in [3.63, 3.8) is 0 Å². The van der Waals surface area contributed by atoms with Gasteiger partial charge in [-0.3, -0.25) is 4.79 Å². The molecule has 3 N–H and O–H groups in total. The topological polar surface area (TPSA) is 91.0 Å². The van der Waals surface area contributed by atoms with Crippen molar-refractivity contribution in [1.29, 1.82) is 0 Å². The number of thioether (sulfide) groups is 1. The average Bonchev–Trinajstić information content (AvgIpc) is 2.70. The average molecular weight is 319 g/mol. The number of ether oxygens (including phenoxy) is 3. The summed E-state index contributed by atoms with van der Waals surface area (Å²) in [6.45, 7) is 4.39. The Hall–Kier alpha value is -0.340. The number of rotatable bonds is 7. The number of fused-ring (bicyclic) bond motifs is 1. The van der Waals surface area contributed by atoms with Crippen LogP contribution in [0.5, 0.6) is 0 Å². The van der Waals surface area contributed by atoms with Crippen LogP contribution in [0.1, 0.15) is 33.1 Å². The molecule has 1 aliphatic carbocycles. The first-order chi connectivity index (χ1) is 9.89. The lowest BCUT2D eigenvalue weighted by molar-refractivity contribution is -0.158. The van der Waals surface area contributed by atoms with Gasteiger partial charge >= 0.3 is 5.97 Å². The first kappa shape index (κ1) is 17.0. The van der Waals surface area contributed by atoms with E-state index in [9.17, 15) is 4.79 Å². The van der Waals surface area contributed by atoms with E-state index in [0.717, 1.165) is 25.0 Å². The molecule has 21 heavy (non-hydrogen) atoms. The molecule has 0 unspecified atom stereocenters. The van der Waals surface area contributed by atoms with Crippen LogP contribution in [0, 0.1) is 0 Å². The van der Waals surface area contributed by atoms with Crippen LogP contribution in [0.25, 0.3) is 0 Å². The van der Waals surface area contributed by atoms with Crippen molar-refractivity contribution in [3.8, 4) is 0 Å². The van der Waals surface area contributed by atoms with E-state index in [0.29, 0.717) is 6.61 Å². The van der Waals surface area contributed by atoms with Crippen molar-refractivity contribution in [1.82, 2.24) is 0 Å². The number of carbonyl (C=O) groups is 1. The SMILES string of the molecule is CC1(C)O[C@H]2[C@H](OCCCSCC(=O)O)[C@@H](N)CC[C@H]2O1. The van der Waals surface area contributed by atoms with Gasteiger partial charge in [0.05, 0.1) is 11.9 Å². The molecule has 2 rings (SSSR count). The Morgan fingerprint density at radius 1 is 1.43 bits per heavy atom. The third-order valence-electron chi connectivity index (χ3n) is 3.72. The molecular weight excluding hydrogens is 294 g/mol. The standard InChI is InChI=1S/C14H25NO5S/c1-14(2)19-10-5-4-9(15)12(13(10)20-14)18-6-3-7-21-8-11(16)17/h9-10,12-13H,3-8,15H2,1-2H3,(H,16,17)/t9-,10+,12+,13+/m0/s1. The van der Waals surface area contributed by atoms with Gasteiger partial charge in [0.1, 0.15) is 12.2 Å². The summed E-state index contributed by atoms with van der Waals surface area (Å²) in [4.78, 5) is 10.4. The summed E-state index contributed by atoms with van der Waals surface area (Å²) in [6, 6.07) is -0.0320. The van der Waals surface area contributed by atoms with Crippen LogP contribution < -0.4 is 5.73 Å².